The number of carbonyl (C=O) groups is 2. The normalized spacial score (nSPS) is 16.0. The van der Waals surface area contributed by atoms with Crippen LogP contribution in [-0.4, -0.2) is 90.7 Å². The monoisotopic (exact) mass is 599 g/mol. The second-order valence-electron chi connectivity index (χ2n) is 10.8. The molecule has 0 saturated carbocycles. The van der Waals surface area contributed by atoms with E-state index in [9.17, 15) is 18.0 Å². The Kier molecular flexibility index (Phi) is 7.85. The molecule has 1 aromatic heterocycles. The van der Waals surface area contributed by atoms with E-state index in [4.69, 9.17) is 4.74 Å². The minimum absolute atomic E-state index is 0.0168. The third-order valence-corrected chi connectivity index (χ3v) is 10.1. The summed E-state index contributed by atoms with van der Waals surface area (Å²) in [6.07, 6.45) is 3.19. The van der Waals surface area contributed by atoms with E-state index in [2.05, 4.69) is 9.97 Å². The number of ether oxygens (including phenoxy) is 1. The van der Waals surface area contributed by atoms with Crippen LogP contribution in [0.3, 0.4) is 0 Å². The second-order valence-corrected chi connectivity index (χ2v) is 12.7. The molecule has 0 radical (unpaired) electrons. The van der Waals surface area contributed by atoms with Crippen LogP contribution in [0.15, 0.2) is 71.9 Å². The Morgan fingerprint density at radius 3 is 2.21 bits per heavy atom. The van der Waals surface area contributed by atoms with Gasteiger partial charge in [0.05, 0.1) is 18.3 Å². The molecule has 0 atom stereocenters. The number of rotatable bonds is 6. The molecule has 0 aliphatic carbocycles. The van der Waals surface area contributed by atoms with E-state index in [1.807, 2.05) is 42.5 Å². The second kappa shape index (κ2) is 11.7. The lowest BCUT2D eigenvalue weighted by Crippen LogP contribution is -2.50. The van der Waals surface area contributed by atoms with Crippen LogP contribution in [0.25, 0.3) is 33.3 Å². The van der Waals surface area contributed by atoms with Crippen molar-refractivity contribution in [2.24, 2.45) is 0 Å². The molecule has 2 aliphatic rings. The van der Waals surface area contributed by atoms with Crippen molar-refractivity contribution in [1.82, 2.24) is 24.1 Å². The third-order valence-electron chi connectivity index (χ3n) is 8.21. The number of carbonyl (C=O) groups excluding carboxylic acids is 2. The maximum Gasteiger partial charge on any atom is 0.253 e. The maximum absolute atomic E-state index is 13.5. The SMILES string of the molecule is COc1ccc(-c2ccc3ncnc(-c4cccc(C(=O)N5CCN(C(C)=O)CC5)c4)c3c2)cc1S(=O)(=O)N1CCCC1. The van der Waals surface area contributed by atoms with Crippen molar-refractivity contribution in [2.45, 2.75) is 24.7 Å². The number of amides is 2. The minimum atomic E-state index is -3.71. The highest BCUT2D eigenvalue weighted by molar-refractivity contribution is 7.89. The van der Waals surface area contributed by atoms with E-state index in [0.717, 1.165) is 40.4 Å². The maximum atomic E-state index is 13.5. The first-order chi connectivity index (χ1) is 20.8. The summed E-state index contributed by atoms with van der Waals surface area (Å²) in [4.78, 5) is 37.7. The van der Waals surface area contributed by atoms with Crippen LogP contribution >= 0.6 is 0 Å². The number of benzene rings is 3. The van der Waals surface area contributed by atoms with E-state index in [-0.39, 0.29) is 16.7 Å². The smallest absolute Gasteiger partial charge is 0.253 e. The van der Waals surface area contributed by atoms with Gasteiger partial charge in [-0.3, -0.25) is 9.59 Å². The van der Waals surface area contributed by atoms with Crippen LogP contribution in [0.5, 0.6) is 5.75 Å². The molecule has 0 bridgehead atoms. The van der Waals surface area contributed by atoms with Gasteiger partial charge in [-0.25, -0.2) is 18.4 Å². The van der Waals surface area contributed by atoms with Crippen LogP contribution in [0.1, 0.15) is 30.1 Å². The van der Waals surface area contributed by atoms with Crippen molar-refractivity contribution >= 4 is 32.7 Å². The Bertz CT molecular complexity index is 1810. The number of fused-ring (bicyclic) bond motifs is 1. The van der Waals surface area contributed by atoms with Crippen molar-refractivity contribution in [3.05, 3.63) is 72.6 Å². The average molecular weight is 600 g/mol. The summed E-state index contributed by atoms with van der Waals surface area (Å²) in [5.74, 6) is 0.238. The predicted molar refractivity (Wildman–Crippen MR) is 163 cm³/mol. The fourth-order valence-corrected chi connectivity index (χ4v) is 7.50. The number of methoxy groups -OCH3 is 1. The minimum Gasteiger partial charge on any atom is -0.495 e. The molecular formula is C32H33N5O5S. The standard InChI is InChI=1S/C32H33N5O5S/c1-22(38)35-14-16-36(17-15-35)32(39)26-7-5-6-25(18-26)31-27-19-23(8-10-28(27)33-21-34-31)24-9-11-29(42-2)30(20-24)43(40,41)37-12-3-4-13-37/h5-11,18-21H,3-4,12-17H2,1-2H3. The lowest BCUT2D eigenvalue weighted by atomic mass is 9.99. The van der Waals surface area contributed by atoms with Crippen molar-refractivity contribution in [2.75, 3.05) is 46.4 Å². The van der Waals surface area contributed by atoms with Crippen molar-refractivity contribution in [3.63, 3.8) is 0 Å². The Morgan fingerprint density at radius 1 is 0.791 bits per heavy atom. The molecule has 3 aromatic carbocycles. The Hall–Kier alpha value is -4.35. The molecule has 6 rings (SSSR count). The summed E-state index contributed by atoms with van der Waals surface area (Å²) in [5, 5.41) is 0.777. The predicted octanol–water partition coefficient (Wildman–Crippen LogP) is 4.06. The molecule has 2 aliphatic heterocycles. The number of nitrogens with zero attached hydrogens (tertiary/aromatic N) is 5. The van der Waals surface area contributed by atoms with E-state index >= 15 is 0 Å². The van der Waals surface area contributed by atoms with E-state index in [1.54, 1.807) is 34.9 Å². The van der Waals surface area contributed by atoms with Crippen LogP contribution in [0, 0.1) is 0 Å². The lowest BCUT2D eigenvalue weighted by Gasteiger charge is -2.34. The molecule has 2 saturated heterocycles. The molecule has 222 valence electrons. The largest absolute Gasteiger partial charge is 0.495 e. The fourth-order valence-electron chi connectivity index (χ4n) is 5.80. The molecule has 3 heterocycles. The first kappa shape index (κ1) is 28.8. The molecule has 0 N–H and O–H groups in total. The summed E-state index contributed by atoms with van der Waals surface area (Å²) in [6, 6.07) is 18.3. The summed E-state index contributed by atoms with van der Waals surface area (Å²) in [7, 11) is -2.23. The number of aromatic nitrogens is 2. The Labute approximate surface area is 251 Å². The van der Waals surface area contributed by atoms with Gasteiger partial charge < -0.3 is 14.5 Å². The Balaban J connectivity index is 1.35. The van der Waals surface area contributed by atoms with Gasteiger partial charge in [-0.1, -0.05) is 24.3 Å². The van der Waals surface area contributed by atoms with E-state index in [0.29, 0.717) is 56.3 Å². The molecule has 0 unspecified atom stereocenters. The van der Waals surface area contributed by atoms with E-state index < -0.39 is 10.0 Å². The highest BCUT2D eigenvalue weighted by Gasteiger charge is 2.30. The molecule has 0 spiro atoms. The lowest BCUT2D eigenvalue weighted by molar-refractivity contribution is -0.130. The highest BCUT2D eigenvalue weighted by atomic mass is 32.2. The average Bonchev–Trinajstić information content (AvgIpc) is 3.60. The van der Waals surface area contributed by atoms with Crippen LogP contribution in [-0.2, 0) is 14.8 Å². The fraction of sp³-hybridized carbons (Fsp3) is 0.312. The first-order valence-electron chi connectivity index (χ1n) is 14.3. The highest BCUT2D eigenvalue weighted by Crippen LogP contribution is 2.35. The number of piperazine rings is 1. The molecule has 4 aromatic rings. The molecule has 11 heteroatoms. The van der Waals surface area contributed by atoms with E-state index in [1.165, 1.54) is 17.7 Å². The topological polar surface area (TPSA) is 113 Å². The van der Waals surface area contributed by atoms with Crippen LogP contribution in [0.2, 0.25) is 0 Å². The summed E-state index contributed by atoms with van der Waals surface area (Å²) in [5.41, 5.74) is 4.24. The van der Waals surface area contributed by atoms with Gasteiger partial charge in [-0.2, -0.15) is 4.31 Å². The number of sulfonamides is 1. The zero-order chi connectivity index (χ0) is 30.1. The molecular weight excluding hydrogens is 566 g/mol. The molecule has 2 amide bonds. The summed E-state index contributed by atoms with van der Waals surface area (Å²) < 4.78 is 33.9. The van der Waals surface area contributed by atoms with Gasteiger partial charge in [0.1, 0.15) is 17.0 Å². The zero-order valence-corrected chi connectivity index (χ0v) is 25.0. The quantitative estimate of drug-likeness (QED) is 0.329. The van der Waals surface area contributed by atoms with Crippen molar-refractivity contribution in [1.29, 1.82) is 0 Å². The van der Waals surface area contributed by atoms with Gasteiger partial charge in [0, 0.05) is 62.7 Å². The van der Waals surface area contributed by atoms with Crippen molar-refractivity contribution in [3.8, 4) is 28.1 Å². The molecule has 2 fully saturated rings. The molecule has 43 heavy (non-hydrogen) atoms. The Morgan fingerprint density at radius 2 is 1.49 bits per heavy atom. The number of hydrogen-bond donors (Lipinski definition) is 0. The van der Waals surface area contributed by atoms with Gasteiger partial charge in [-0.15, -0.1) is 0 Å². The summed E-state index contributed by atoms with van der Waals surface area (Å²) in [6.45, 7) is 4.56. The first-order valence-corrected chi connectivity index (χ1v) is 15.8. The third kappa shape index (κ3) is 5.57. The van der Waals surface area contributed by atoms with Gasteiger partial charge in [0.15, 0.2) is 0 Å². The zero-order valence-electron chi connectivity index (χ0n) is 24.2. The van der Waals surface area contributed by atoms with Gasteiger partial charge >= 0.3 is 0 Å². The van der Waals surface area contributed by atoms with Crippen LogP contribution in [0.4, 0.5) is 0 Å². The van der Waals surface area contributed by atoms with Gasteiger partial charge in [0.2, 0.25) is 15.9 Å². The molecule has 10 nitrogen and oxygen atoms in total. The van der Waals surface area contributed by atoms with Crippen LogP contribution < -0.4 is 4.74 Å². The summed E-state index contributed by atoms with van der Waals surface area (Å²) >= 11 is 0. The van der Waals surface area contributed by atoms with Crippen molar-refractivity contribution < 1.29 is 22.7 Å². The van der Waals surface area contributed by atoms with Gasteiger partial charge in [-0.05, 0) is 60.4 Å². The number of hydrogen-bond acceptors (Lipinski definition) is 7. The van der Waals surface area contributed by atoms with Gasteiger partial charge in [0.25, 0.3) is 5.91 Å².